The van der Waals surface area contributed by atoms with Crippen LogP contribution in [-0.2, 0) is 0 Å². The molecule has 9 nitrogen and oxygen atoms in total. The summed E-state index contributed by atoms with van der Waals surface area (Å²) in [5.74, 6) is 0.381. The first-order valence-electron chi connectivity index (χ1n) is 9.20. The van der Waals surface area contributed by atoms with Crippen molar-refractivity contribution in [2.24, 2.45) is 11.7 Å². The van der Waals surface area contributed by atoms with Crippen LogP contribution in [0.15, 0.2) is 35.3 Å². The van der Waals surface area contributed by atoms with Crippen molar-refractivity contribution in [3.63, 3.8) is 0 Å². The van der Waals surface area contributed by atoms with Gasteiger partial charge < -0.3 is 16.0 Å². The Kier molecular flexibility index (Phi) is 5.07. The van der Waals surface area contributed by atoms with E-state index in [-0.39, 0.29) is 6.04 Å². The average molecular weight is 455 g/mol. The highest BCUT2D eigenvalue weighted by molar-refractivity contribution is 9.10. The number of nitrogens with two attached hydrogens (primary N) is 1. The van der Waals surface area contributed by atoms with Crippen molar-refractivity contribution >= 4 is 39.0 Å². The molecule has 0 radical (unpaired) electrons. The Morgan fingerprint density at radius 3 is 2.79 bits per heavy atom. The van der Waals surface area contributed by atoms with E-state index in [1.807, 2.05) is 18.3 Å². The molecular formula is C19H19BrN8O. The van der Waals surface area contributed by atoms with Crippen LogP contribution in [0.1, 0.15) is 29.3 Å². The molecule has 0 aliphatic carbocycles. The van der Waals surface area contributed by atoms with Gasteiger partial charge in [-0.15, -0.1) is 0 Å². The molecule has 1 fully saturated rings. The molecule has 0 aromatic carbocycles. The fraction of sp³-hybridized carbons (Fsp3) is 0.316. The van der Waals surface area contributed by atoms with E-state index in [1.165, 1.54) is 18.6 Å². The van der Waals surface area contributed by atoms with Crippen LogP contribution < -0.4 is 16.0 Å². The van der Waals surface area contributed by atoms with Crippen molar-refractivity contribution in [1.29, 1.82) is 5.26 Å². The van der Waals surface area contributed by atoms with Gasteiger partial charge in [-0.2, -0.15) is 10.4 Å². The summed E-state index contributed by atoms with van der Waals surface area (Å²) in [6.07, 6.45) is 7.32. The van der Waals surface area contributed by atoms with Gasteiger partial charge in [0, 0.05) is 29.8 Å². The molecule has 4 rings (SSSR count). The Bertz CT molecular complexity index is 1100. The zero-order valence-electron chi connectivity index (χ0n) is 15.7. The summed E-state index contributed by atoms with van der Waals surface area (Å²) in [7, 11) is 0. The molecule has 1 aliphatic heterocycles. The third-order valence-electron chi connectivity index (χ3n) is 5.21. The number of nitrogens with zero attached hydrogens (tertiary/aromatic N) is 6. The normalized spacial score (nSPS) is 18.7. The van der Waals surface area contributed by atoms with E-state index in [0.717, 1.165) is 23.0 Å². The Morgan fingerprint density at radius 1 is 1.38 bits per heavy atom. The number of halogens is 1. The van der Waals surface area contributed by atoms with Gasteiger partial charge in [0.25, 0.3) is 5.91 Å². The number of rotatable bonds is 5. The molecule has 3 N–H and O–H groups in total. The van der Waals surface area contributed by atoms with Crippen LogP contribution in [0.5, 0.6) is 0 Å². The van der Waals surface area contributed by atoms with Crippen LogP contribution in [0.2, 0.25) is 0 Å². The number of nitrogens with one attached hydrogen (secondary N) is 1. The molecule has 1 aliphatic rings. The summed E-state index contributed by atoms with van der Waals surface area (Å²) < 4.78 is 2.57. The Balaban J connectivity index is 1.65. The molecular weight excluding hydrogens is 436 g/mol. The Morgan fingerprint density at radius 2 is 2.14 bits per heavy atom. The topological polar surface area (TPSA) is 125 Å². The van der Waals surface area contributed by atoms with Crippen molar-refractivity contribution < 1.29 is 4.79 Å². The van der Waals surface area contributed by atoms with E-state index in [4.69, 9.17) is 11.0 Å². The minimum atomic E-state index is -0.529. The van der Waals surface area contributed by atoms with Gasteiger partial charge in [-0.25, -0.2) is 14.5 Å². The number of carbonyl (C=O) groups excluding carboxylic acids is 1. The Labute approximate surface area is 175 Å². The highest BCUT2D eigenvalue weighted by Crippen LogP contribution is 2.31. The zero-order chi connectivity index (χ0) is 20.5. The van der Waals surface area contributed by atoms with Crippen molar-refractivity contribution in [3.05, 3.63) is 46.5 Å². The first-order valence-corrected chi connectivity index (χ1v) is 9.99. The number of hydrogen-bond donors (Lipinski definition) is 2. The number of amides is 1. The molecule has 2 unspecified atom stereocenters. The van der Waals surface area contributed by atoms with E-state index in [9.17, 15) is 4.79 Å². The van der Waals surface area contributed by atoms with Gasteiger partial charge in [-0.05, 0) is 34.3 Å². The maximum absolute atomic E-state index is 12.0. The Hall–Kier alpha value is -3.19. The number of carbonyl (C=O) groups is 1. The number of aromatic nitrogens is 4. The van der Waals surface area contributed by atoms with Gasteiger partial charge in [-0.1, -0.05) is 6.92 Å². The molecule has 1 amide bonds. The molecule has 1 saturated heterocycles. The maximum atomic E-state index is 12.0. The van der Waals surface area contributed by atoms with Gasteiger partial charge in [-0.3, -0.25) is 4.79 Å². The quantitative estimate of drug-likeness (QED) is 0.604. The lowest BCUT2D eigenvalue weighted by Crippen LogP contribution is -2.31. The van der Waals surface area contributed by atoms with Crippen LogP contribution >= 0.6 is 15.9 Å². The highest BCUT2D eigenvalue weighted by atomic mass is 79.9. The van der Waals surface area contributed by atoms with E-state index < -0.39 is 5.91 Å². The lowest BCUT2D eigenvalue weighted by Gasteiger charge is -2.21. The average Bonchev–Trinajstić information content (AvgIpc) is 3.30. The largest absolute Gasteiger partial charge is 0.378 e. The molecule has 3 aromatic rings. The number of hydrogen-bond acceptors (Lipinski definition) is 7. The molecule has 4 heterocycles. The predicted octanol–water partition coefficient (Wildman–Crippen LogP) is 2.18. The molecule has 3 aromatic heterocycles. The van der Waals surface area contributed by atoms with Gasteiger partial charge in [0.1, 0.15) is 6.07 Å². The number of primary amides is 1. The first kappa shape index (κ1) is 19.1. The van der Waals surface area contributed by atoms with Crippen molar-refractivity contribution in [3.8, 4) is 6.07 Å². The van der Waals surface area contributed by atoms with Crippen LogP contribution in [0, 0.1) is 17.2 Å². The minimum Gasteiger partial charge on any atom is -0.378 e. The third-order valence-corrected chi connectivity index (χ3v) is 5.65. The second-order valence-electron chi connectivity index (χ2n) is 6.99. The lowest BCUT2D eigenvalue weighted by atomic mass is 10.00. The van der Waals surface area contributed by atoms with Crippen LogP contribution in [0.4, 0.5) is 11.6 Å². The lowest BCUT2D eigenvalue weighted by molar-refractivity contribution is 0.100. The highest BCUT2D eigenvalue weighted by Gasteiger charge is 2.34. The van der Waals surface area contributed by atoms with E-state index in [0.29, 0.717) is 35.2 Å². The molecule has 0 saturated carbocycles. The van der Waals surface area contributed by atoms with Crippen molar-refractivity contribution in [2.75, 3.05) is 23.3 Å². The SMILES string of the molecule is CCC1CN(c2ncc(C#N)cn2)CC1Nc1c(C(N)=O)cnn2cc(Br)cc12. The first-order chi connectivity index (χ1) is 14.0. The van der Waals surface area contributed by atoms with Gasteiger partial charge in [0.15, 0.2) is 0 Å². The smallest absolute Gasteiger partial charge is 0.252 e. The van der Waals surface area contributed by atoms with E-state index in [2.05, 4.69) is 48.1 Å². The molecule has 148 valence electrons. The standard InChI is InChI=1S/C19H19BrN8O/c1-2-12-8-27(19-23-5-11(4-21)6-24-19)10-15(12)26-17-14(18(22)29)7-25-28-9-13(20)3-16(17)28/h3,5-7,9,12,15,26H,2,8,10H2,1H3,(H2,22,29). The van der Waals surface area contributed by atoms with Crippen LogP contribution in [0.25, 0.3) is 5.52 Å². The maximum Gasteiger partial charge on any atom is 0.252 e. The molecule has 2 atom stereocenters. The van der Waals surface area contributed by atoms with Crippen LogP contribution in [0.3, 0.4) is 0 Å². The molecule has 0 bridgehead atoms. The van der Waals surface area contributed by atoms with Gasteiger partial charge >= 0.3 is 0 Å². The number of nitriles is 1. The van der Waals surface area contributed by atoms with Crippen LogP contribution in [-0.4, -0.2) is 44.6 Å². The third kappa shape index (κ3) is 3.61. The summed E-state index contributed by atoms with van der Waals surface area (Å²) in [6, 6.07) is 4.00. The molecule has 0 spiro atoms. The van der Waals surface area contributed by atoms with Gasteiger partial charge in [0.05, 0.1) is 40.9 Å². The fourth-order valence-corrected chi connectivity index (χ4v) is 4.11. The number of anilines is 2. The summed E-state index contributed by atoms with van der Waals surface area (Å²) in [5, 5.41) is 16.7. The summed E-state index contributed by atoms with van der Waals surface area (Å²) in [4.78, 5) is 22.7. The van der Waals surface area contributed by atoms with Crippen molar-refractivity contribution in [1.82, 2.24) is 19.6 Å². The fourth-order valence-electron chi connectivity index (χ4n) is 3.70. The minimum absolute atomic E-state index is 0.0669. The number of fused-ring (bicyclic) bond motifs is 1. The van der Waals surface area contributed by atoms with E-state index in [1.54, 1.807) is 4.52 Å². The zero-order valence-corrected chi connectivity index (χ0v) is 17.3. The summed E-state index contributed by atoms with van der Waals surface area (Å²) in [5.41, 5.74) is 7.83. The summed E-state index contributed by atoms with van der Waals surface area (Å²) >= 11 is 3.46. The summed E-state index contributed by atoms with van der Waals surface area (Å²) in [6.45, 7) is 3.57. The second-order valence-corrected chi connectivity index (χ2v) is 7.91. The van der Waals surface area contributed by atoms with E-state index >= 15 is 0 Å². The second kappa shape index (κ2) is 7.67. The van der Waals surface area contributed by atoms with Crippen molar-refractivity contribution in [2.45, 2.75) is 19.4 Å². The van der Waals surface area contributed by atoms with Gasteiger partial charge in [0.2, 0.25) is 5.95 Å². The molecule has 10 heteroatoms. The predicted molar refractivity (Wildman–Crippen MR) is 112 cm³/mol. The monoisotopic (exact) mass is 454 g/mol. The molecule has 29 heavy (non-hydrogen) atoms.